The smallest absolute Gasteiger partial charge is 0.313 e. The summed E-state index contributed by atoms with van der Waals surface area (Å²) in [4.78, 5) is 23.0. The Labute approximate surface area is 114 Å². The molecule has 1 atom stereocenters. The van der Waals surface area contributed by atoms with Crippen LogP contribution in [0.5, 0.6) is 5.75 Å². The van der Waals surface area contributed by atoms with E-state index in [2.05, 4.69) is 0 Å². The maximum Gasteiger partial charge on any atom is 0.313 e. The zero-order valence-corrected chi connectivity index (χ0v) is 11.5. The first-order valence-corrected chi connectivity index (χ1v) is 6.89. The van der Waals surface area contributed by atoms with E-state index < -0.39 is 0 Å². The molecular formula is C16H20O3. The average molecular weight is 260 g/mol. The third-order valence-corrected chi connectivity index (χ3v) is 3.53. The van der Waals surface area contributed by atoms with Crippen molar-refractivity contribution in [3.8, 4) is 5.75 Å². The van der Waals surface area contributed by atoms with Crippen molar-refractivity contribution in [3.05, 3.63) is 29.8 Å². The second-order valence-electron chi connectivity index (χ2n) is 5.48. The highest BCUT2D eigenvalue weighted by molar-refractivity contribution is 5.83. The summed E-state index contributed by atoms with van der Waals surface area (Å²) >= 11 is 0. The normalized spacial score (nSPS) is 18.9. The summed E-state index contributed by atoms with van der Waals surface area (Å²) in [6.45, 7) is 3.62. The predicted octanol–water partition coefficient (Wildman–Crippen LogP) is 3.16. The molecule has 0 aliphatic heterocycles. The van der Waals surface area contributed by atoms with Gasteiger partial charge in [-0.3, -0.25) is 9.59 Å². The quantitative estimate of drug-likeness (QED) is 0.617. The van der Waals surface area contributed by atoms with E-state index in [-0.39, 0.29) is 17.8 Å². The average Bonchev–Trinajstić information content (AvgIpc) is 2.77. The topological polar surface area (TPSA) is 43.4 Å². The SMILES string of the molecule is CC(C)C(=O)Oc1ccc(CC2CCCC2=O)cc1. The molecule has 0 radical (unpaired) electrons. The molecule has 0 aromatic heterocycles. The minimum absolute atomic E-state index is 0.129. The fraction of sp³-hybridized carbons (Fsp3) is 0.500. The van der Waals surface area contributed by atoms with Crippen LogP contribution >= 0.6 is 0 Å². The van der Waals surface area contributed by atoms with Crippen molar-refractivity contribution < 1.29 is 14.3 Å². The van der Waals surface area contributed by atoms with E-state index in [1.165, 1.54) is 0 Å². The van der Waals surface area contributed by atoms with E-state index in [9.17, 15) is 9.59 Å². The minimum Gasteiger partial charge on any atom is -0.426 e. The van der Waals surface area contributed by atoms with Crippen molar-refractivity contribution in [3.63, 3.8) is 0 Å². The number of benzene rings is 1. The maximum atomic E-state index is 11.6. The molecule has 1 saturated carbocycles. The fourth-order valence-corrected chi connectivity index (χ4v) is 2.32. The third-order valence-electron chi connectivity index (χ3n) is 3.53. The zero-order valence-electron chi connectivity index (χ0n) is 11.5. The summed E-state index contributed by atoms with van der Waals surface area (Å²) in [5, 5.41) is 0. The van der Waals surface area contributed by atoms with Gasteiger partial charge in [-0.25, -0.2) is 0 Å². The van der Waals surface area contributed by atoms with Crippen LogP contribution in [0.3, 0.4) is 0 Å². The van der Waals surface area contributed by atoms with Crippen LogP contribution in [0, 0.1) is 11.8 Å². The lowest BCUT2D eigenvalue weighted by molar-refractivity contribution is -0.137. The Hall–Kier alpha value is -1.64. The van der Waals surface area contributed by atoms with Gasteiger partial charge in [-0.15, -0.1) is 0 Å². The van der Waals surface area contributed by atoms with Crippen molar-refractivity contribution in [1.29, 1.82) is 0 Å². The lowest BCUT2D eigenvalue weighted by Crippen LogP contribution is -2.14. The highest BCUT2D eigenvalue weighted by Crippen LogP contribution is 2.25. The van der Waals surface area contributed by atoms with Crippen LogP contribution < -0.4 is 4.74 Å². The molecule has 1 aromatic rings. The highest BCUT2D eigenvalue weighted by Gasteiger charge is 2.24. The first kappa shape index (κ1) is 13.8. The molecule has 3 heteroatoms. The predicted molar refractivity (Wildman–Crippen MR) is 73.0 cm³/mol. The molecule has 0 N–H and O–H groups in total. The van der Waals surface area contributed by atoms with Gasteiger partial charge in [0.2, 0.25) is 0 Å². The van der Waals surface area contributed by atoms with Gasteiger partial charge in [0.25, 0.3) is 0 Å². The molecule has 1 aliphatic carbocycles. The molecule has 1 unspecified atom stereocenters. The fourth-order valence-electron chi connectivity index (χ4n) is 2.32. The molecule has 19 heavy (non-hydrogen) atoms. The third kappa shape index (κ3) is 3.66. The molecule has 1 fully saturated rings. The van der Waals surface area contributed by atoms with Crippen LogP contribution in [0.15, 0.2) is 24.3 Å². The lowest BCUT2D eigenvalue weighted by Gasteiger charge is -2.09. The van der Waals surface area contributed by atoms with Gasteiger partial charge in [0.1, 0.15) is 11.5 Å². The van der Waals surface area contributed by atoms with Crippen molar-refractivity contribution in [2.75, 3.05) is 0 Å². The molecule has 0 spiro atoms. The van der Waals surface area contributed by atoms with Crippen molar-refractivity contribution in [2.45, 2.75) is 39.5 Å². The van der Waals surface area contributed by atoms with Gasteiger partial charge in [0.15, 0.2) is 0 Å². The number of carbonyl (C=O) groups excluding carboxylic acids is 2. The summed E-state index contributed by atoms with van der Waals surface area (Å²) in [6, 6.07) is 7.48. The molecule has 0 heterocycles. The van der Waals surface area contributed by atoms with Crippen LogP contribution in [0.25, 0.3) is 0 Å². The number of Topliss-reactive ketones (excluding diaryl/α,β-unsaturated/α-hetero) is 1. The second kappa shape index (κ2) is 6.00. The Balaban J connectivity index is 1.94. The second-order valence-corrected chi connectivity index (χ2v) is 5.48. The zero-order chi connectivity index (χ0) is 13.8. The number of carbonyl (C=O) groups is 2. The summed E-state index contributed by atoms with van der Waals surface area (Å²) in [5.41, 5.74) is 1.13. The number of hydrogen-bond donors (Lipinski definition) is 0. The summed E-state index contributed by atoms with van der Waals surface area (Å²) in [7, 11) is 0. The van der Waals surface area contributed by atoms with Gasteiger partial charge in [-0.05, 0) is 37.0 Å². The summed E-state index contributed by atoms with van der Waals surface area (Å²) < 4.78 is 5.22. The molecule has 102 valence electrons. The lowest BCUT2D eigenvalue weighted by atomic mass is 9.97. The number of ether oxygens (including phenoxy) is 1. The van der Waals surface area contributed by atoms with Gasteiger partial charge in [0.05, 0.1) is 5.92 Å². The van der Waals surface area contributed by atoms with E-state index in [4.69, 9.17) is 4.74 Å². The van der Waals surface area contributed by atoms with E-state index >= 15 is 0 Å². The van der Waals surface area contributed by atoms with Crippen LogP contribution in [-0.4, -0.2) is 11.8 Å². The highest BCUT2D eigenvalue weighted by atomic mass is 16.5. The molecule has 0 bridgehead atoms. The van der Waals surface area contributed by atoms with E-state index in [0.717, 1.165) is 31.2 Å². The molecule has 1 aromatic carbocycles. The molecule has 3 nitrogen and oxygen atoms in total. The Morgan fingerprint density at radius 3 is 2.53 bits per heavy atom. The molecule has 2 rings (SSSR count). The van der Waals surface area contributed by atoms with Gasteiger partial charge in [0, 0.05) is 12.3 Å². The van der Waals surface area contributed by atoms with Crippen molar-refractivity contribution in [2.24, 2.45) is 11.8 Å². The van der Waals surface area contributed by atoms with Gasteiger partial charge < -0.3 is 4.74 Å². The Morgan fingerprint density at radius 1 is 1.32 bits per heavy atom. The number of rotatable bonds is 4. The first-order valence-electron chi connectivity index (χ1n) is 6.89. The summed E-state index contributed by atoms with van der Waals surface area (Å²) in [6.07, 6.45) is 3.56. The standard InChI is InChI=1S/C16H20O3/c1-11(2)16(18)19-14-8-6-12(7-9-14)10-13-4-3-5-15(13)17/h6-9,11,13H,3-5,10H2,1-2H3. The number of esters is 1. The van der Waals surface area contributed by atoms with Crippen LogP contribution in [-0.2, 0) is 16.0 Å². The van der Waals surface area contributed by atoms with E-state index in [1.807, 2.05) is 26.0 Å². The maximum absolute atomic E-state index is 11.6. The molecule has 1 aliphatic rings. The Kier molecular flexibility index (Phi) is 4.35. The van der Waals surface area contributed by atoms with Gasteiger partial charge in [-0.2, -0.15) is 0 Å². The number of ketones is 1. The monoisotopic (exact) mass is 260 g/mol. The molecule has 0 saturated heterocycles. The van der Waals surface area contributed by atoms with Gasteiger partial charge in [-0.1, -0.05) is 26.0 Å². The van der Waals surface area contributed by atoms with Crippen LogP contribution in [0.1, 0.15) is 38.7 Å². The van der Waals surface area contributed by atoms with E-state index in [1.54, 1.807) is 12.1 Å². The van der Waals surface area contributed by atoms with Crippen molar-refractivity contribution in [1.82, 2.24) is 0 Å². The van der Waals surface area contributed by atoms with Crippen LogP contribution in [0.4, 0.5) is 0 Å². The molecular weight excluding hydrogens is 240 g/mol. The van der Waals surface area contributed by atoms with E-state index in [0.29, 0.717) is 11.5 Å². The first-order chi connectivity index (χ1) is 9.06. The molecule has 0 amide bonds. The minimum atomic E-state index is -0.223. The Morgan fingerprint density at radius 2 is 2.00 bits per heavy atom. The summed E-state index contributed by atoms with van der Waals surface area (Å²) in [5.74, 6) is 0.786. The van der Waals surface area contributed by atoms with Gasteiger partial charge >= 0.3 is 5.97 Å². The van der Waals surface area contributed by atoms with Crippen LogP contribution in [0.2, 0.25) is 0 Å². The van der Waals surface area contributed by atoms with Crippen molar-refractivity contribution >= 4 is 11.8 Å². The number of hydrogen-bond acceptors (Lipinski definition) is 3. The Bertz CT molecular complexity index is 459. The largest absolute Gasteiger partial charge is 0.426 e.